The van der Waals surface area contributed by atoms with Crippen LogP contribution in [-0.4, -0.2) is 13.1 Å². The van der Waals surface area contributed by atoms with Crippen molar-refractivity contribution in [2.24, 2.45) is 0 Å². The monoisotopic (exact) mass is 440 g/mol. The molecule has 1 aliphatic heterocycles. The van der Waals surface area contributed by atoms with Crippen LogP contribution in [0.4, 0.5) is 11.4 Å². The van der Waals surface area contributed by atoms with E-state index in [4.69, 9.17) is 8.53 Å². The lowest BCUT2D eigenvalue weighted by atomic mass is 9.92. The first kappa shape index (κ1) is 23.3. The standard InChI is InChI=1S/C26H38N2P2/c1-17(2)21-11-9-12-22(18(3)4)25(21)27-15-16-28(30(27)29)26-23(19(5)6)13-10-14-24(26)20(7)8/h9-14,17-20H,15-16H2,1-8H3. The number of rotatable bonds is 6. The average molecular weight is 441 g/mol. The van der Waals surface area contributed by atoms with Crippen molar-refractivity contribution in [2.75, 3.05) is 22.4 Å². The van der Waals surface area contributed by atoms with Crippen molar-refractivity contribution in [2.45, 2.75) is 79.1 Å². The van der Waals surface area contributed by atoms with Gasteiger partial charge >= 0.3 is 0 Å². The minimum atomic E-state index is -0.747. The average Bonchev–Trinajstić information content (AvgIpc) is 3.07. The van der Waals surface area contributed by atoms with Crippen LogP contribution in [0.3, 0.4) is 0 Å². The van der Waals surface area contributed by atoms with Gasteiger partial charge in [0.1, 0.15) is 7.51 Å². The molecule has 2 aromatic rings. The molecule has 1 fully saturated rings. The number of benzene rings is 2. The van der Waals surface area contributed by atoms with Crippen LogP contribution in [0.15, 0.2) is 36.4 Å². The van der Waals surface area contributed by atoms with Crippen molar-refractivity contribution < 1.29 is 0 Å². The van der Waals surface area contributed by atoms with E-state index in [-0.39, 0.29) is 0 Å². The molecule has 0 aromatic heterocycles. The zero-order valence-corrected chi connectivity index (χ0v) is 21.8. The lowest BCUT2D eigenvalue weighted by molar-refractivity contribution is 0.821. The molecule has 1 aliphatic rings. The molecule has 1 saturated heterocycles. The number of hydrogen-bond donors (Lipinski definition) is 0. The van der Waals surface area contributed by atoms with Gasteiger partial charge in [0.05, 0.1) is 24.5 Å². The maximum atomic E-state index is 5.28. The third-order valence-electron chi connectivity index (χ3n) is 6.16. The van der Waals surface area contributed by atoms with E-state index in [0.717, 1.165) is 13.1 Å². The highest BCUT2D eigenvalue weighted by molar-refractivity contribution is 7.88. The fourth-order valence-electron chi connectivity index (χ4n) is 4.52. The van der Waals surface area contributed by atoms with Crippen molar-refractivity contribution in [1.29, 1.82) is 0 Å². The molecule has 2 aromatic carbocycles. The van der Waals surface area contributed by atoms with Gasteiger partial charge in [-0.2, -0.15) is 0 Å². The molecule has 0 unspecified atom stereocenters. The minimum Gasteiger partial charge on any atom is -0.389 e. The molecular formula is C26H38N2P2. The predicted octanol–water partition coefficient (Wildman–Crippen LogP) is 9.14. The van der Waals surface area contributed by atoms with E-state index in [0.29, 0.717) is 23.7 Å². The van der Waals surface area contributed by atoms with Gasteiger partial charge in [-0.15, -0.1) is 0 Å². The van der Waals surface area contributed by atoms with Crippen LogP contribution in [0.5, 0.6) is 0 Å². The molecule has 0 N–H and O–H groups in total. The Hall–Kier alpha value is -1.36. The lowest BCUT2D eigenvalue weighted by Crippen LogP contribution is -2.16. The summed E-state index contributed by atoms with van der Waals surface area (Å²) in [7, 11) is 4.54. The Bertz CT molecular complexity index is 789. The molecular weight excluding hydrogens is 402 g/mol. The van der Waals surface area contributed by atoms with Gasteiger partial charge in [0.15, 0.2) is 0 Å². The molecule has 0 aliphatic carbocycles. The highest BCUT2D eigenvalue weighted by Crippen LogP contribution is 2.54. The SMILES string of the molecule is CC(C)c1cccc(C(C)C)c1N1CCN(c2c(C(C)C)cccc2C(C)C)[P+]1=[P-]. The highest BCUT2D eigenvalue weighted by Gasteiger charge is 2.36. The Kier molecular flexibility index (Phi) is 7.32. The lowest BCUT2D eigenvalue weighted by Gasteiger charge is -2.28. The zero-order valence-electron chi connectivity index (χ0n) is 20.0. The van der Waals surface area contributed by atoms with Crippen LogP contribution in [0.25, 0.3) is 0 Å². The molecule has 4 heteroatoms. The summed E-state index contributed by atoms with van der Waals surface area (Å²) in [5.74, 6) is 2.00. The second-order valence-corrected chi connectivity index (χ2v) is 12.3. The fourth-order valence-corrected chi connectivity index (χ4v) is 7.21. The second kappa shape index (κ2) is 9.42. The number of nitrogens with zero attached hydrogens (tertiary/aromatic N) is 2. The van der Waals surface area contributed by atoms with Crippen molar-refractivity contribution in [3.8, 4) is 0 Å². The normalized spacial score (nSPS) is 14.9. The third kappa shape index (κ3) is 4.32. The first-order chi connectivity index (χ1) is 14.1. The molecule has 1 heterocycles. The zero-order chi connectivity index (χ0) is 22.2. The van der Waals surface area contributed by atoms with Gasteiger partial charge in [-0.1, -0.05) is 91.8 Å². The Morgan fingerprint density at radius 1 is 0.600 bits per heavy atom. The van der Waals surface area contributed by atoms with Crippen LogP contribution in [0.2, 0.25) is 0 Å². The van der Waals surface area contributed by atoms with Gasteiger partial charge in [0.25, 0.3) is 0 Å². The van der Waals surface area contributed by atoms with Gasteiger partial charge < -0.3 is 8.53 Å². The summed E-state index contributed by atoms with van der Waals surface area (Å²) in [6.45, 7) is 20.5. The van der Waals surface area contributed by atoms with Crippen LogP contribution in [0, 0.1) is 0 Å². The van der Waals surface area contributed by atoms with E-state index in [2.05, 4.69) is 101 Å². The predicted molar refractivity (Wildman–Crippen MR) is 138 cm³/mol. The molecule has 162 valence electrons. The Balaban J connectivity index is 2.12. The minimum absolute atomic E-state index is 0.499. The molecule has 0 amide bonds. The second-order valence-electron chi connectivity index (χ2n) is 9.70. The summed E-state index contributed by atoms with van der Waals surface area (Å²) in [4.78, 5) is 0. The number of hydrogen-bond acceptors (Lipinski definition) is 0. The highest BCUT2D eigenvalue weighted by atomic mass is 31.7. The van der Waals surface area contributed by atoms with Crippen molar-refractivity contribution in [1.82, 2.24) is 0 Å². The Labute approximate surface area is 187 Å². The fraction of sp³-hybridized carbons (Fsp3) is 0.538. The molecule has 2 nitrogen and oxygen atoms in total. The first-order valence-electron chi connectivity index (χ1n) is 11.4. The van der Waals surface area contributed by atoms with Gasteiger partial charge in [-0.25, -0.2) is 9.34 Å². The van der Waals surface area contributed by atoms with Crippen LogP contribution < -0.4 is 9.34 Å². The van der Waals surface area contributed by atoms with Crippen molar-refractivity contribution in [3.05, 3.63) is 58.7 Å². The van der Waals surface area contributed by atoms with E-state index in [1.54, 1.807) is 0 Å². The third-order valence-corrected chi connectivity index (χ3v) is 9.12. The molecule has 30 heavy (non-hydrogen) atoms. The van der Waals surface area contributed by atoms with Crippen LogP contribution in [0.1, 0.15) is 101 Å². The quantitative estimate of drug-likeness (QED) is 0.413. The van der Waals surface area contributed by atoms with Gasteiger partial charge in [0.2, 0.25) is 0 Å². The maximum Gasteiger partial charge on any atom is 0.126 e. The molecule has 0 atom stereocenters. The maximum absolute atomic E-state index is 5.28. The van der Waals surface area contributed by atoms with Crippen LogP contribution >= 0.6 is 16.0 Å². The summed E-state index contributed by atoms with van der Waals surface area (Å²) in [6, 6.07) is 13.7. The summed E-state index contributed by atoms with van der Waals surface area (Å²) < 4.78 is 5.20. The van der Waals surface area contributed by atoms with E-state index in [1.807, 2.05) is 0 Å². The topological polar surface area (TPSA) is 6.48 Å². The van der Waals surface area contributed by atoms with E-state index >= 15 is 0 Å². The van der Waals surface area contributed by atoms with Gasteiger partial charge in [0, 0.05) is 0 Å². The smallest absolute Gasteiger partial charge is 0.126 e. The summed E-state index contributed by atoms with van der Waals surface area (Å²) in [5, 5.41) is 0. The van der Waals surface area contributed by atoms with Gasteiger partial charge in [-0.3, -0.25) is 0 Å². The molecule has 0 spiro atoms. The van der Waals surface area contributed by atoms with E-state index in [9.17, 15) is 0 Å². The number of anilines is 2. The van der Waals surface area contributed by atoms with E-state index < -0.39 is 7.51 Å². The van der Waals surface area contributed by atoms with E-state index in [1.165, 1.54) is 33.6 Å². The van der Waals surface area contributed by atoms with Gasteiger partial charge in [-0.05, 0) is 45.9 Å². The Morgan fingerprint density at radius 3 is 1.10 bits per heavy atom. The van der Waals surface area contributed by atoms with Crippen molar-refractivity contribution in [3.63, 3.8) is 0 Å². The largest absolute Gasteiger partial charge is 0.389 e. The van der Waals surface area contributed by atoms with Crippen molar-refractivity contribution >= 4 is 27.4 Å². The molecule has 0 radical (unpaired) electrons. The molecule has 0 saturated carbocycles. The summed E-state index contributed by atoms with van der Waals surface area (Å²) in [6.07, 6.45) is 0. The summed E-state index contributed by atoms with van der Waals surface area (Å²) in [5.41, 5.74) is 8.66. The summed E-state index contributed by atoms with van der Waals surface area (Å²) >= 11 is 0. The number of para-hydroxylation sites is 2. The molecule has 3 rings (SSSR count). The van der Waals surface area contributed by atoms with Crippen LogP contribution in [-0.2, 0) is 0 Å². The molecule has 0 bridgehead atoms. The first-order valence-corrected chi connectivity index (χ1v) is 13.8. The Morgan fingerprint density at radius 2 is 0.867 bits per heavy atom.